The molecule has 0 radical (unpaired) electrons. The molecule has 1 saturated heterocycles. The molecule has 218 valence electrons. The van der Waals surface area contributed by atoms with Crippen LogP contribution in [0.25, 0.3) is 10.9 Å². The fourth-order valence-corrected chi connectivity index (χ4v) is 5.51. The third kappa shape index (κ3) is 4.77. The average molecular weight is 582 g/mol. The molecule has 2 aromatic carbocycles. The summed E-state index contributed by atoms with van der Waals surface area (Å²) in [6, 6.07) is 7.78. The number of piperidine rings is 1. The van der Waals surface area contributed by atoms with Gasteiger partial charge < -0.3 is 24.3 Å². The zero-order chi connectivity index (χ0) is 29.8. The number of ether oxygens (including phenoxy) is 2. The molecule has 1 atom stereocenters. The van der Waals surface area contributed by atoms with Crippen LogP contribution < -0.4 is 25.6 Å². The first-order valence-electron chi connectivity index (χ1n) is 13.3. The molecule has 1 fully saturated rings. The zero-order valence-electron chi connectivity index (χ0n) is 22.0. The van der Waals surface area contributed by atoms with Gasteiger partial charge in [-0.05, 0) is 62.3 Å². The van der Waals surface area contributed by atoms with Crippen LogP contribution in [0.4, 0.5) is 4.39 Å². The van der Waals surface area contributed by atoms with Crippen LogP contribution in [0.15, 0.2) is 46.0 Å². The van der Waals surface area contributed by atoms with Gasteiger partial charge in [0.15, 0.2) is 22.9 Å². The van der Waals surface area contributed by atoms with Gasteiger partial charge in [0.1, 0.15) is 16.7 Å². The molecule has 3 aromatic rings. The first kappa shape index (κ1) is 27.5. The van der Waals surface area contributed by atoms with Crippen LogP contribution in [0.3, 0.4) is 0 Å². The molecule has 3 aliphatic rings. The molecule has 1 N–H and O–H groups in total. The van der Waals surface area contributed by atoms with Gasteiger partial charge in [-0.15, -0.1) is 4.73 Å². The van der Waals surface area contributed by atoms with Crippen molar-refractivity contribution in [1.29, 1.82) is 0 Å². The number of carbonyl (C=O) groups excluding carboxylic acids is 4. The van der Waals surface area contributed by atoms with Gasteiger partial charge in [0, 0.05) is 24.6 Å². The van der Waals surface area contributed by atoms with Crippen LogP contribution in [0.2, 0.25) is 0 Å². The van der Waals surface area contributed by atoms with E-state index in [1.807, 2.05) is 4.90 Å². The number of aliphatic hydroxyl groups is 1. The number of nitrogens with zero attached hydrogens (tertiary/aromatic N) is 3. The standard InChI is InChI=1S/C28H24FN3O10/c29-17-3-1-15(2-4-17)23(35)16-7-9-30(10-8-16)11-12-31-25(36)22-18-5-6-19-24(22)41-26(37)28(39,13-20(33)40-19)14-21(34)42-32(18)27(31)38/h1-6,16,39H,7-14H2. The van der Waals surface area contributed by atoms with Crippen LogP contribution in [-0.2, 0) is 20.9 Å². The number of halogens is 1. The fraction of sp³-hybridized carbons (Fsp3) is 0.357. The van der Waals surface area contributed by atoms with E-state index >= 15 is 0 Å². The molecule has 1 aromatic heterocycles. The molecule has 0 saturated carbocycles. The molecule has 14 heteroatoms. The predicted molar refractivity (Wildman–Crippen MR) is 139 cm³/mol. The van der Waals surface area contributed by atoms with Crippen molar-refractivity contribution in [2.24, 2.45) is 5.92 Å². The summed E-state index contributed by atoms with van der Waals surface area (Å²) < 4.78 is 25.2. The maximum Gasteiger partial charge on any atom is 0.365 e. The minimum Gasteiger partial charge on any atom is -0.422 e. The molecule has 0 amide bonds. The lowest BCUT2D eigenvalue weighted by molar-refractivity contribution is -0.171. The van der Waals surface area contributed by atoms with E-state index in [0.717, 1.165) is 4.57 Å². The summed E-state index contributed by atoms with van der Waals surface area (Å²) in [7, 11) is 0. The minimum absolute atomic E-state index is 0.0785. The molecule has 3 aliphatic heterocycles. The molecular formula is C28H24FN3O10. The minimum atomic E-state index is -2.64. The normalized spacial score (nSPS) is 21.1. The Labute approximate surface area is 235 Å². The first-order chi connectivity index (χ1) is 20.0. The molecule has 6 rings (SSSR count). The highest BCUT2D eigenvalue weighted by Gasteiger charge is 2.47. The van der Waals surface area contributed by atoms with Crippen LogP contribution in [-0.4, -0.2) is 68.2 Å². The molecule has 5 bridgehead atoms. The highest BCUT2D eigenvalue weighted by atomic mass is 19.1. The Morgan fingerprint density at radius 3 is 2.33 bits per heavy atom. The summed E-state index contributed by atoms with van der Waals surface area (Å²) >= 11 is 0. The first-order valence-corrected chi connectivity index (χ1v) is 13.3. The second kappa shape index (κ2) is 10.3. The Morgan fingerprint density at radius 2 is 1.62 bits per heavy atom. The number of hydrogen-bond donors (Lipinski definition) is 1. The monoisotopic (exact) mass is 581 g/mol. The van der Waals surface area contributed by atoms with E-state index in [4.69, 9.17) is 14.3 Å². The molecule has 42 heavy (non-hydrogen) atoms. The smallest absolute Gasteiger partial charge is 0.365 e. The number of benzene rings is 2. The second-order valence-electron chi connectivity index (χ2n) is 10.5. The highest BCUT2D eigenvalue weighted by molar-refractivity contribution is 5.99. The van der Waals surface area contributed by atoms with E-state index < -0.39 is 59.2 Å². The van der Waals surface area contributed by atoms with Gasteiger partial charge >= 0.3 is 23.6 Å². The number of esters is 2. The van der Waals surface area contributed by atoms with Crippen LogP contribution >= 0.6 is 0 Å². The zero-order valence-corrected chi connectivity index (χ0v) is 22.0. The number of hydrogen-bond acceptors (Lipinski definition) is 11. The Morgan fingerprint density at radius 1 is 0.929 bits per heavy atom. The lowest BCUT2D eigenvalue weighted by Gasteiger charge is -2.31. The predicted octanol–water partition coefficient (Wildman–Crippen LogP) is 0.202. The van der Waals surface area contributed by atoms with Gasteiger partial charge in [0.2, 0.25) is 0 Å². The largest absolute Gasteiger partial charge is 0.422 e. The van der Waals surface area contributed by atoms with Crippen molar-refractivity contribution in [2.75, 3.05) is 19.6 Å². The number of ketones is 1. The topological polar surface area (TPSA) is 163 Å². The highest BCUT2D eigenvalue weighted by Crippen LogP contribution is 2.38. The number of fused-ring (bicyclic) bond motifs is 2. The molecule has 4 heterocycles. The van der Waals surface area contributed by atoms with Gasteiger partial charge in [-0.3, -0.25) is 19.0 Å². The molecule has 13 nitrogen and oxygen atoms in total. The molecule has 0 aliphatic carbocycles. The van der Waals surface area contributed by atoms with Crippen molar-refractivity contribution in [3.63, 3.8) is 0 Å². The second-order valence-corrected chi connectivity index (χ2v) is 10.5. The summed E-state index contributed by atoms with van der Waals surface area (Å²) in [6.07, 6.45) is -0.901. The van der Waals surface area contributed by atoms with Crippen molar-refractivity contribution in [3.8, 4) is 11.5 Å². The molecule has 1 unspecified atom stereocenters. The Hall–Kier alpha value is -4.69. The van der Waals surface area contributed by atoms with Gasteiger partial charge in [-0.2, -0.15) is 0 Å². The number of Topliss-reactive ketones (excluding diaryl/α,β-unsaturated/α-hetero) is 1. The number of carbonyl (C=O) groups is 4. The van der Waals surface area contributed by atoms with Crippen LogP contribution in [0.5, 0.6) is 11.5 Å². The van der Waals surface area contributed by atoms with E-state index in [0.29, 0.717) is 36.2 Å². The number of rotatable bonds is 5. The third-order valence-corrected chi connectivity index (χ3v) is 7.77. The number of likely N-dealkylation sites (tertiary alicyclic amines) is 1. The van der Waals surface area contributed by atoms with E-state index in [-0.39, 0.29) is 41.4 Å². The lowest BCUT2D eigenvalue weighted by atomic mass is 9.89. The molecule has 0 spiro atoms. The average Bonchev–Trinajstić information content (AvgIpc) is 2.95. The summed E-state index contributed by atoms with van der Waals surface area (Å²) in [5.41, 5.74) is -4.29. The van der Waals surface area contributed by atoms with Crippen molar-refractivity contribution in [2.45, 2.75) is 37.8 Å². The van der Waals surface area contributed by atoms with E-state index in [1.165, 1.54) is 36.4 Å². The maximum atomic E-state index is 13.7. The fourth-order valence-electron chi connectivity index (χ4n) is 5.51. The van der Waals surface area contributed by atoms with Crippen molar-refractivity contribution in [3.05, 3.63) is 68.6 Å². The van der Waals surface area contributed by atoms with Gasteiger partial charge in [0.25, 0.3) is 5.56 Å². The van der Waals surface area contributed by atoms with Gasteiger partial charge in [-0.1, -0.05) is 0 Å². The summed E-state index contributed by atoms with van der Waals surface area (Å²) in [5, 5.41) is 10.4. The summed E-state index contributed by atoms with van der Waals surface area (Å²) in [6.45, 7) is 1.05. The van der Waals surface area contributed by atoms with Crippen LogP contribution in [0, 0.1) is 11.7 Å². The van der Waals surface area contributed by atoms with E-state index in [9.17, 15) is 38.3 Å². The Balaban J connectivity index is 1.30. The van der Waals surface area contributed by atoms with E-state index in [2.05, 4.69) is 0 Å². The van der Waals surface area contributed by atoms with Gasteiger partial charge in [0.05, 0.1) is 12.8 Å². The third-order valence-electron chi connectivity index (χ3n) is 7.77. The van der Waals surface area contributed by atoms with E-state index in [1.54, 1.807) is 0 Å². The maximum absolute atomic E-state index is 13.7. The van der Waals surface area contributed by atoms with Crippen molar-refractivity contribution >= 4 is 34.6 Å². The quantitative estimate of drug-likeness (QED) is 0.249. The lowest BCUT2D eigenvalue weighted by Crippen LogP contribution is -2.51. The van der Waals surface area contributed by atoms with Crippen LogP contribution in [0.1, 0.15) is 36.0 Å². The summed E-state index contributed by atoms with van der Waals surface area (Å²) in [4.78, 5) is 85.0. The number of aromatic nitrogens is 2. The van der Waals surface area contributed by atoms with Crippen molar-refractivity contribution in [1.82, 2.24) is 14.2 Å². The SMILES string of the molecule is O=C1CC2(O)CC(=O)On3c(=O)n(CCN4CCC(C(=O)c5ccc(F)cc5)CC4)c(=O)c4c(c(ccc43)O1)OC2=O. The van der Waals surface area contributed by atoms with Gasteiger partial charge in [-0.25, -0.2) is 18.8 Å². The Bertz CT molecular complexity index is 1770. The molecular weight excluding hydrogens is 557 g/mol. The summed E-state index contributed by atoms with van der Waals surface area (Å²) in [5.74, 6) is -5.16. The van der Waals surface area contributed by atoms with Crippen molar-refractivity contribution < 1.29 is 43.0 Å². The Kier molecular flexibility index (Phi) is 6.74.